The average molecular weight is 420 g/mol. The summed E-state index contributed by atoms with van der Waals surface area (Å²) in [5.74, 6) is -2.45. The van der Waals surface area contributed by atoms with E-state index < -0.39 is 40.1 Å². The standard InChI is InChI=1S/C20H16ClF2N3O3/c21-9-16(27)17-18(24)25(10-12-1-5-14(22)6-2-12)20(29)26(19(17)28)11-13-3-7-15(23)8-4-13/h1-8H,9-11,24H2. The second-order valence-electron chi connectivity index (χ2n) is 6.33. The van der Waals surface area contributed by atoms with Crippen LogP contribution >= 0.6 is 11.6 Å². The second-order valence-corrected chi connectivity index (χ2v) is 6.60. The molecule has 0 atom stereocenters. The third-order valence-electron chi connectivity index (χ3n) is 4.38. The van der Waals surface area contributed by atoms with Gasteiger partial charge in [0, 0.05) is 0 Å². The molecular weight excluding hydrogens is 404 g/mol. The van der Waals surface area contributed by atoms with Gasteiger partial charge in [-0.25, -0.2) is 13.6 Å². The van der Waals surface area contributed by atoms with Crippen LogP contribution in [0.1, 0.15) is 21.5 Å². The van der Waals surface area contributed by atoms with Crippen molar-refractivity contribution in [1.29, 1.82) is 0 Å². The van der Waals surface area contributed by atoms with Gasteiger partial charge in [-0.2, -0.15) is 0 Å². The van der Waals surface area contributed by atoms with E-state index in [1.807, 2.05) is 0 Å². The molecule has 150 valence electrons. The molecule has 0 saturated heterocycles. The van der Waals surface area contributed by atoms with Crippen molar-refractivity contribution >= 4 is 23.2 Å². The first kappa shape index (κ1) is 20.5. The van der Waals surface area contributed by atoms with Crippen molar-refractivity contribution < 1.29 is 13.6 Å². The minimum Gasteiger partial charge on any atom is -0.384 e. The summed E-state index contributed by atoms with van der Waals surface area (Å²) in [6, 6.07) is 10.6. The zero-order valence-corrected chi connectivity index (χ0v) is 15.8. The number of nitrogen functional groups attached to an aromatic ring is 1. The monoisotopic (exact) mass is 419 g/mol. The number of nitrogens with two attached hydrogens (primary N) is 1. The van der Waals surface area contributed by atoms with Crippen LogP contribution < -0.4 is 17.0 Å². The summed E-state index contributed by atoms with van der Waals surface area (Å²) in [5, 5.41) is 0. The molecule has 0 aliphatic heterocycles. The average Bonchev–Trinajstić information content (AvgIpc) is 2.71. The lowest BCUT2D eigenvalue weighted by atomic mass is 10.1. The number of carbonyl (C=O) groups is 1. The molecule has 1 heterocycles. The molecule has 0 amide bonds. The molecule has 0 unspecified atom stereocenters. The van der Waals surface area contributed by atoms with Crippen molar-refractivity contribution in [1.82, 2.24) is 9.13 Å². The fraction of sp³-hybridized carbons (Fsp3) is 0.150. The molecule has 0 aliphatic carbocycles. The lowest BCUT2D eigenvalue weighted by Crippen LogP contribution is -2.44. The summed E-state index contributed by atoms with van der Waals surface area (Å²) in [7, 11) is 0. The molecule has 2 N–H and O–H groups in total. The predicted molar refractivity (Wildman–Crippen MR) is 105 cm³/mol. The van der Waals surface area contributed by atoms with Crippen LogP contribution in [0.3, 0.4) is 0 Å². The van der Waals surface area contributed by atoms with Gasteiger partial charge in [0.1, 0.15) is 23.0 Å². The van der Waals surface area contributed by atoms with Gasteiger partial charge in [0.25, 0.3) is 5.56 Å². The minimum absolute atomic E-state index is 0.0861. The zero-order valence-electron chi connectivity index (χ0n) is 15.1. The van der Waals surface area contributed by atoms with Crippen LogP contribution in [-0.2, 0) is 13.1 Å². The number of anilines is 1. The van der Waals surface area contributed by atoms with Gasteiger partial charge in [-0.1, -0.05) is 24.3 Å². The summed E-state index contributed by atoms with van der Waals surface area (Å²) in [6.07, 6.45) is 0. The highest BCUT2D eigenvalue weighted by Gasteiger charge is 2.22. The number of rotatable bonds is 6. The van der Waals surface area contributed by atoms with Crippen LogP contribution in [0.25, 0.3) is 0 Å². The van der Waals surface area contributed by atoms with E-state index in [-0.39, 0.29) is 18.9 Å². The van der Waals surface area contributed by atoms with Crippen LogP contribution in [0.2, 0.25) is 0 Å². The predicted octanol–water partition coefficient (Wildman–Crippen LogP) is 2.39. The maximum absolute atomic E-state index is 13.2. The van der Waals surface area contributed by atoms with E-state index in [9.17, 15) is 23.2 Å². The first-order valence-electron chi connectivity index (χ1n) is 8.53. The van der Waals surface area contributed by atoms with E-state index in [2.05, 4.69) is 0 Å². The third kappa shape index (κ3) is 4.27. The summed E-state index contributed by atoms with van der Waals surface area (Å²) in [6.45, 7) is -0.276. The van der Waals surface area contributed by atoms with Crippen LogP contribution in [0.4, 0.5) is 14.6 Å². The molecule has 0 spiro atoms. The van der Waals surface area contributed by atoms with Crippen molar-refractivity contribution in [3.8, 4) is 0 Å². The Hall–Kier alpha value is -3.26. The van der Waals surface area contributed by atoms with E-state index in [1.165, 1.54) is 48.5 Å². The smallest absolute Gasteiger partial charge is 0.333 e. The Bertz CT molecular complexity index is 1170. The number of hydrogen-bond donors (Lipinski definition) is 1. The fourth-order valence-electron chi connectivity index (χ4n) is 2.88. The molecule has 0 saturated carbocycles. The highest BCUT2D eigenvalue weighted by atomic mass is 35.5. The maximum Gasteiger partial charge on any atom is 0.333 e. The minimum atomic E-state index is -0.877. The normalized spacial score (nSPS) is 10.9. The van der Waals surface area contributed by atoms with Crippen LogP contribution in [-0.4, -0.2) is 20.8 Å². The summed E-state index contributed by atoms with van der Waals surface area (Å²) < 4.78 is 28.2. The Morgan fingerprint density at radius 1 is 0.862 bits per heavy atom. The molecule has 0 aliphatic rings. The summed E-state index contributed by atoms with van der Waals surface area (Å²) in [5.41, 5.74) is 4.95. The van der Waals surface area contributed by atoms with E-state index in [0.29, 0.717) is 11.1 Å². The van der Waals surface area contributed by atoms with Crippen LogP contribution in [0.5, 0.6) is 0 Å². The highest BCUT2D eigenvalue weighted by Crippen LogP contribution is 2.12. The molecule has 6 nitrogen and oxygen atoms in total. The molecule has 3 rings (SSSR count). The van der Waals surface area contributed by atoms with Crippen LogP contribution in [0, 0.1) is 11.6 Å². The quantitative estimate of drug-likeness (QED) is 0.491. The Balaban J connectivity index is 2.17. The molecule has 0 radical (unpaired) electrons. The number of Topliss-reactive ketones (excluding diaryl/α,β-unsaturated/α-hetero) is 1. The Morgan fingerprint density at radius 2 is 1.31 bits per heavy atom. The number of alkyl halides is 1. The number of carbonyl (C=O) groups excluding carboxylic acids is 1. The number of nitrogens with zero attached hydrogens (tertiary/aromatic N) is 2. The van der Waals surface area contributed by atoms with Crippen molar-refractivity contribution in [3.63, 3.8) is 0 Å². The first-order chi connectivity index (χ1) is 13.8. The maximum atomic E-state index is 13.2. The van der Waals surface area contributed by atoms with Gasteiger partial charge >= 0.3 is 5.69 Å². The van der Waals surface area contributed by atoms with Crippen molar-refractivity contribution in [2.75, 3.05) is 11.6 Å². The van der Waals surface area contributed by atoms with Crippen LogP contribution in [0.15, 0.2) is 58.1 Å². The number of aromatic nitrogens is 2. The van der Waals surface area contributed by atoms with Gasteiger partial charge in [0.05, 0.1) is 19.0 Å². The lowest BCUT2D eigenvalue weighted by molar-refractivity contribution is 0.101. The van der Waals surface area contributed by atoms with Gasteiger partial charge in [0.15, 0.2) is 5.78 Å². The number of ketones is 1. The number of hydrogen-bond acceptors (Lipinski definition) is 4. The fourth-order valence-corrected chi connectivity index (χ4v) is 3.01. The third-order valence-corrected chi connectivity index (χ3v) is 4.62. The molecular formula is C20H16ClF2N3O3. The Kier molecular flexibility index (Phi) is 5.93. The second kappa shape index (κ2) is 8.40. The first-order valence-corrected chi connectivity index (χ1v) is 9.06. The summed E-state index contributed by atoms with van der Waals surface area (Å²) in [4.78, 5) is 38.0. The lowest BCUT2D eigenvalue weighted by Gasteiger charge is -2.16. The highest BCUT2D eigenvalue weighted by molar-refractivity contribution is 6.31. The van der Waals surface area contributed by atoms with Gasteiger partial charge in [-0.15, -0.1) is 11.6 Å². The van der Waals surface area contributed by atoms with Gasteiger partial charge in [-0.05, 0) is 35.4 Å². The van der Waals surface area contributed by atoms with Gasteiger partial charge in [0.2, 0.25) is 0 Å². The van der Waals surface area contributed by atoms with E-state index in [1.54, 1.807) is 0 Å². The molecule has 2 aromatic carbocycles. The molecule has 1 aromatic heterocycles. The van der Waals surface area contributed by atoms with Gasteiger partial charge in [-0.3, -0.25) is 18.7 Å². The molecule has 29 heavy (non-hydrogen) atoms. The SMILES string of the molecule is Nc1c(C(=O)CCl)c(=O)n(Cc2ccc(F)cc2)c(=O)n1Cc1ccc(F)cc1. The molecule has 0 fully saturated rings. The van der Waals surface area contributed by atoms with Crippen molar-refractivity contribution in [2.24, 2.45) is 0 Å². The molecule has 3 aromatic rings. The van der Waals surface area contributed by atoms with Crippen molar-refractivity contribution in [2.45, 2.75) is 13.1 Å². The molecule has 9 heteroatoms. The summed E-state index contributed by atoms with van der Waals surface area (Å²) >= 11 is 5.61. The largest absolute Gasteiger partial charge is 0.384 e. The van der Waals surface area contributed by atoms with E-state index in [4.69, 9.17) is 17.3 Å². The van der Waals surface area contributed by atoms with E-state index >= 15 is 0 Å². The zero-order chi connectivity index (χ0) is 21.1. The van der Waals surface area contributed by atoms with Gasteiger partial charge < -0.3 is 5.73 Å². The topological polar surface area (TPSA) is 87.1 Å². The van der Waals surface area contributed by atoms with E-state index in [0.717, 1.165) is 9.13 Å². The Labute approximate surface area is 168 Å². The van der Waals surface area contributed by atoms with Crippen molar-refractivity contribution in [3.05, 3.63) is 97.7 Å². The Morgan fingerprint density at radius 3 is 1.76 bits per heavy atom. The number of halogens is 3. The molecule has 0 bridgehead atoms. The number of benzene rings is 2.